The standard InChI is InChI=1S/C20H30N4O2/c1-12(2)15-10-22-16(26-15)11-23-19(25)17(13(3)4)14(5)18(21-7)24-20(6)8-9-20/h10,12,24H,7-9,11H2,1-6H3,(H,23,25)/b18-14-. The van der Waals surface area contributed by atoms with Gasteiger partial charge in [-0.2, -0.15) is 0 Å². The van der Waals surface area contributed by atoms with Crippen molar-refractivity contribution in [3.05, 3.63) is 40.4 Å². The van der Waals surface area contributed by atoms with Crippen molar-refractivity contribution in [2.45, 2.75) is 72.4 Å². The van der Waals surface area contributed by atoms with Crippen molar-refractivity contribution in [1.29, 1.82) is 0 Å². The molecule has 0 aliphatic heterocycles. The largest absolute Gasteiger partial charge is 0.444 e. The molecule has 2 rings (SSSR count). The summed E-state index contributed by atoms with van der Waals surface area (Å²) in [4.78, 5) is 21.1. The lowest BCUT2D eigenvalue weighted by Gasteiger charge is -2.18. The van der Waals surface area contributed by atoms with E-state index in [0.29, 0.717) is 17.3 Å². The van der Waals surface area contributed by atoms with Gasteiger partial charge in [-0.25, -0.2) is 9.98 Å². The maximum atomic E-state index is 12.8. The third-order valence-corrected chi connectivity index (χ3v) is 4.58. The van der Waals surface area contributed by atoms with Crippen molar-refractivity contribution < 1.29 is 9.21 Å². The zero-order valence-corrected chi connectivity index (χ0v) is 16.7. The molecule has 1 heterocycles. The molecular weight excluding hydrogens is 328 g/mol. The molecule has 1 aromatic heterocycles. The van der Waals surface area contributed by atoms with Gasteiger partial charge in [0.1, 0.15) is 11.6 Å². The van der Waals surface area contributed by atoms with Gasteiger partial charge in [-0.1, -0.05) is 19.4 Å². The summed E-state index contributed by atoms with van der Waals surface area (Å²) in [6.07, 6.45) is 3.90. The van der Waals surface area contributed by atoms with Crippen LogP contribution in [0, 0.1) is 0 Å². The number of aromatic nitrogens is 1. The van der Waals surface area contributed by atoms with Crippen LogP contribution in [0.15, 0.2) is 38.1 Å². The van der Waals surface area contributed by atoms with Gasteiger partial charge >= 0.3 is 0 Å². The van der Waals surface area contributed by atoms with Crippen molar-refractivity contribution in [2.75, 3.05) is 0 Å². The van der Waals surface area contributed by atoms with Crippen LogP contribution in [0.5, 0.6) is 0 Å². The van der Waals surface area contributed by atoms with E-state index < -0.39 is 0 Å². The summed E-state index contributed by atoms with van der Waals surface area (Å²) in [6.45, 7) is 15.9. The average molecular weight is 358 g/mol. The Bertz CT molecular complexity index is 748. The van der Waals surface area contributed by atoms with E-state index in [-0.39, 0.29) is 23.9 Å². The number of allylic oxidation sites excluding steroid dienone is 1. The minimum atomic E-state index is -0.171. The maximum absolute atomic E-state index is 12.8. The number of amides is 1. The Labute approximate surface area is 155 Å². The van der Waals surface area contributed by atoms with Gasteiger partial charge in [-0.3, -0.25) is 4.79 Å². The number of carbonyl (C=O) groups excluding carboxylic acids is 1. The second-order valence-corrected chi connectivity index (χ2v) is 7.69. The van der Waals surface area contributed by atoms with Crippen LogP contribution >= 0.6 is 0 Å². The maximum Gasteiger partial charge on any atom is 0.252 e. The molecule has 6 nitrogen and oxygen atoms in total. The fourth-order valence-electron chi connectivity index (χ4n) is 2.66. The van der Waals surface area contributed by atoms with Crippen molar-refractivity contribution in [3.8, 4) is 0 Å². The number of nitrogens with zero attached hydrogens (tertiary/aromatic N) is 2. The molecule has 0 bridgehead atoms. The highest BCUT2D eigenvalue weighted by Crippen LogP contribution is 2.36. The molecular formula is C20H30N4O2. The van der Waals surface area contributed by atoms with E-state index in [0.717, 1.165) is 29.7 Å². The smallest absolute Gasteiger partial charge is 0.252 e. The summed E-state index contributed by atoms with van der Waals surface area (Å²) >= 11 is 0. The van der Waals surface area contributed by atoms with E-state index in [4.69, 9.17) is 4.42 Å². The molecule has 1 fully saturated rings. The topological polar surface area (TPSA) is 79.5 Å². The Kier molecular flexibility index (Phi) is 6.05. The van der Waals surface area contributed by atoms with Crippen LogP contribution in [0.1, 0.15) is 72.0 Å². The van der Waals surface area contributed by atoms with Crippen molar-refractivity contribution >= 4 is 12.6 Å². The predicted octanol–water partition coefficient (Wildman–Crippen LogP) is 3.82. The Morgan fingerprint density at radius 2 is 2.04 bits per heavy atom. The van der Waals surface area contributed by atoms with Crippen LogP contribution in [0.3, 0.4) is 0 Å². The first-order valence-electron chi connectivity index (χ1n) is 9.03. The lowest BCUT2D eigenvalue weighted by atomic mass is 10.0. The molecule has 0 radical (unpaired) electrons. The molecule has 1 aliphatic carbocycles. The van der Waals surface area contributed by atoms with E-state index in [9.17, 15) is 4.79 Å². The van der Waals surface area contributed by atoms with E-state index in [2.05, 4.69) is 34.3 Å². The minimum Gasteiger partial charge on any atom is -0.444 e. The first-order chi connectivity index (χ1) is 12.2. The molecule has 1 amide bonds. The number of hydrogen-bond donors (Lipinski definition) is 2. The summed E-state index contributed by atoms with van der Waals surface area (Å²) in [6, 6.07) is 0. The molecule has 0 saturated heterocycles. The highest BCUT2D eigenvalue weighted by atomic mass is 16.4. The monoisotopic (exact) mass is 358 g/mol. The van der Waals surface area contributed by atoms with Gasteiger partial charge in [0.25, 0.3) is 5.91 Å². The first kappa shape index (κ1) is 19.9. The van der Waals surface area contributed by atoms with Crippen LogP contribution in [-0.4, -0.2) is 23.1 Å². The Morgan fingerprint density at radius 3 is 2.50 bits per heavy atom. The first-order valence-corrected chi connectivity index (χ1v) is 9.03. The van der Waals surface area contributed by atoms with Gasteiger partial charge in [0, 0.05) is 22.6 Å². The summed E-state index contributed by atoms with van der Waals surface area (Å²) in [5.41, 5.74) is 2.38. The zero-order chi connectivity index (χ0) is 19.5. The molecule has 1 saturated carbocycles. The molecule has 26 heavy (non-hydrogen) atoms. The van der Waals surface area contributed by atoms with Gasteiger partial charge in [0.05, 0.1) is 12.7 Å². The highest BCUT2D eigenvalue weighted by molar-refractivity contribution is 5.98. The summed E-state index contributed by atoms with van der Waals surface area (Å²) < 4.78 is 5.64. The molecule has 1 aliphatic rings. The molecule has 0 atom stereocenters. The Balaban J connectivity index is 2.13. The predicted molar refractivity (Wildman–Crippen MR) is 104 cm³/mol. The van der Waals surface area contributed by atoms with Gasteiger partial charge in [-0.05, 0) is 47.3 Å². The number of hydrogen-bond acceptors (Lipinski definition) is 5. The van der Waals surface area contributed by atoms with E-state index >= 15 is 0 Å². The number of oxazole rings is 1. The minimum absolute atomic E-state index is 0.0619. The van der Waals surface area contributed by atoms with Gasteiger partial charge < -0.3 is 15.1 Å². The Morgan fingerprint density at radius 1 is 1.38 bits per heavy atom. The molecule has 0 spiro atoms. The highest BCUT2D eigenvalue weighted by Gasteiger charge is 2.38. The fraction of sp³-hybridized carbons (Fsp3) is 0.550. The zero-order valence-electron chi connectivity index (χ0n) is 16.7. The van der Waals surface area contributed by atoms with Gasteiger partial charge in [0.2, 0.25) is 5.89 Å². The summed E-state index contributed by atoms with van der Waals surface area (Å²) in [5.74, 6) is 2.07. The SMILES string of the molecule is C=N/C(NC1(C)CC1)=C(\C)C(C(=O)NCc1ncc(C(C)C)o1)=C(C)C. The molecule has 2 N–H and O–H groups in total. The van der Waals surface area contributed by atoms with Crippen molar-refractivity contribution in [1.82, 2.24) is 15.6 Å². The molecule has 6 heteroatoms. The Hall–Kier alpha value is -2.37. The van der Waals surface area contributed by atoms with E-state index in [1.165, 1.54) is 0 Å². The molecule has 1 aromatic rings. The quantitative estimate of drug-likeness (QED) is 0.420. The third-order valence-electron chi connectivity index (χ3n) is 4.58. The number of aliphatic imine (C=N–C) groups is 1. The molecule has 142 valence electrons. The number of carbonyl (C=O) groups is 1. The second kappa shape index (κ2) is 7.89. The van der Waals surface area contributed by atoms with E-state index in [1.807, 2.05) is 34.6 Å². The summed E-state index contributed by atoms with van der Waals surface area (Å²) in [7, 11) is 0. The lowest BCUT2D eigenvalue weighted by molar-refractivity contribution is -0.117. The van der Waals surface area contributed by atoms with Crippen LogP contribution in [-0.2, 0) is 11.3 Å². The fourth-order valence-corrected chi connectivity index (χ4v) is 2.66. The normalized spacial score (nSPS) is 16.0. The van der Waals surface area contributed by atoms with Crippen LogP contribution in [0.25, 0.3) is 0 Å². The van der Waals surface area contributed by atoms with Crippen LogP contribution in [0.2, 0.25) is 0 Å². The van der Waals surface area contributed by atoms with Gasteiger partial charge in [-0.15, -0.1) is 0 Å². The van der Waals surface area contributed by atoms with E-state index in [1.54, 1.807) is 6.20 Å². The summed E-state index contributed by atoms with van der Waals surface area (Å²) in [5, 5.41) is 6.30. The van der Waals surface area contributed by atoms with Crippen LogP contribution < -0.4 is 10.6 Å². The van der Waals surface area contributed by atoms with Crippen LogP contribution in [0.4, 0.5) is 0 Å². The molecule has 0 unspecified atom stereocenters. The third kappa shape index (κ3) is 4.84. The van der Waals surface area contributed by atoms with Crippen molar-refractivity contribution in [3.63, 3.8) is 0 Å². The van der Waals surface area contributed by atoms with Crippen molar-refractivity contribution in [2.24, 2.45) is 4.99 Å². The number of nitrogens with one attached hydrogen (secondary N) is 2. The van der Waals surface area contributed by atoms with Gasteiger partial charge in [0.15, 0.2) is 0 Å². The lowest BCUT2D eigenvalue weighted by Crippen LogP contribution is -2.30. The molecule has 0 aromatic carbocycles. The number of rotatable bonds is 8. The second-order valence-electron chi connectivity index (χ2n) is 7.69. The average Bonchev–Trinajstić information content (AvgIpc) is 3.10.